The molecule has 1 aromatic heterocycles. The molecule has 0 atom stereocenters. The van der Waals surface area contributed by atoms with Crippen LogP contribution < -0.4 is 15.4 Å². The van der Waals surface area contributed by atoms with E-state index >= 15 is 0 Å². The second kappa shape index (κ2) is 20.5. The van der Waals surface area contributed by atoms with Gasteiger partial charge in [0.1, 0.15) is 6.54 Å². The average molecular weight is 508 g/mol. The zero-order chi connectivity index (χ0) is 26.4. The molecule has 0 radical (unpaired) electrons. The largest absolute Gasteiger partial charge is 0.494 e. The predicted octanol–water partition coefficient (Wildman–Crippen LogP) is 4.44. The van der Waals surface area contributed by atoms with Crippen LogP contribution in [0.15, 0.2) is 12.3 Å². The molecule has 1 heterocycles. The lowest BCUT2D eigenvalue weighted by Crippen LogP contribution is -2.32. The number of carbonyl (C=O) groups is 3. The summed E-state index contributed by atoms with van der Waals surface area (Å²) in [6.45, 7) is 6.18. The van der Waals surface area contributed by atoms with Crippen molar-refractivity contribution in [3.63, 3.8) is 0 Å². The molecule has 2 N–H and O–H groups in total. The van der Waals surface area contributed by atoms with Gasteiger partial charge in [-0.1, -0.05) is 65.2 Å². The SMILES string of the molecule is CCCCCCCCCCOC(=O)CNC(=O)c1ncc(C(=O)NCCCOCCCC)cc1OC. The van der Waals surface area contributed by atoms with Crippen molar-refractivity contribution in [1.82, 2.24) is 15.6 Å². The van der Waals surface area contributed by atoms with Gasteiger partial charge in [-0.25, -0.2) is 4.98 Å². The van der Waals surface area contributed by atoms with Crippen LogP contribution in [-0.2, 0) is 14.3 Å². The number of ether oxygens (including phenoxy) is 3. The summed E-state index contributed by atoms with van der Waals surface area (Å²) in [6, 6.07) is 1.45. The Bertz CT molecular complexity index is 772. The van der Waals surface area contributed by atoms with Crippen LogP contribution in [0.1, 0.15) is 105 Å². The summed E-state index contributed by atoms with van der Waals surface area (Å²) in [5, 5.41) is 5.29. The Balaban J connectivity index is 2.33. The number of rotatable bonds is 21. The van der Waals surface area contributed by atoms with Crippen molar-refractivity contribution in [3.8, 4) is 5.75 Å². The van der Waals surface area contributed by atoms with Gasteiger partial charge in [-0.15, -0.1) is 0 Å². The molecule has 0 bridgehead atoms. The van der Waals surface area contributed by atoms with Crippen LogP contribution in [0, 0.1) is 0 Å². The van der Waals surface area contributed by atoms with Crippen LogP contribution in [0.3, 0.4) is 0 Å². The molecule has 2 amide bonds. The Labute approximate surface area is 216 Å². The van der Waals surface area contributed by atoms with Crippen molar-refractivity contribution in [2.45, 2.75) is 84.5 Å². The topological polar surface area (TPSA) is 116 Å². The molecule has 9 nitrogen and oxygen atoms in total. The first-order chi connectivity index (χ1) is 17.5. The number of hydrogen-bond donors (Lipinski definition) is 2. The molecule has 0 aliphatic rings. The zero-order valence-electron chi connectivity index (χ0n) is 22.4. The summed E-state index contributed by atoms with van der Waals surface area (Å²) in [5.41, 5.74) is 0.273. The van der Waals surface area contributed by atoms with E-state index in [-0.39, 0.29) is 29.5 Å². The minimum absolute atomic E-state index is 0.00533. The Morgan fingerprint density at radius 3 is 2.17 bits per heavy atom. The van der Waals surface area contributed by atoms with Crippen LogP contribution in [0.4, 0.5) is 0 Å². The Hall–Kier alpha value is -2.68. The first-order valence-corrected chi connectivity index (χ1v) is 13.4. The number of aromatic nitrogens is 1. The van der Waals surface area contributed by atoms with E-state index in [1.807, 2.05) is 0 Å². The van der Waals surface area contributed by atoms with E-state index in [9.17, 15) is 14.4 Å². The highest BCUT2D eigenvalue weighted by atomic mass is 16.5. The van der Waals surface area contributed by atoms with Gasteiger partial charge in [-0.2, -0.15) is 0 Å². The lowest BCUT2D eigenvalue weighted by Gasteiger charge is -2.11. The van der Waals surface area contributed by atoms with E-state index in [4.69, 9.17) is 14.2 Å². The molecule has 0 spiro atoms. The van der Waals surface area contributed by atoms with Crippen molar-refractivity contribution in [1.29, 1.82) is 0 Å². The van der Waals surface area contributed by atoms with Crippen molar-refractivity contribution in [2.75, 3.05) is 40.0 Å². The number of hydrogen-bond acceptors (Lipinski definition) is 7. The van der Waals surface area contributed by atoms with Crippen LogP contribution >= 0.6 is 0 Å². The molecule has 9 heteroatoms. The highest BCUT2D eigenvalue weighted by Crippen LogP contribution is 2.17. The smallest absolute Gasteiger partial charge is 0.325 e. The number of esters is 1. The van der Waals surface area contributed by atoms with Gasteiger partial charge in [0, 0.05) is 26.0 Å². The van der Waals surface area contributed by atoms with E-state index in [1.165, 1.54) is 51.5 Å². The molecule has 204 valence electrons. The number of amides is 2. The molecule has 0 aliphatic carbocycles. The van der Waals surface area contributed by atoms with Gasteiger partial charge in [0.2, 0.25) is 0 Å². The highest BCUT2D eigenvalue weighted by Gasteiger charge is 2.18. The van der Waals surface area contributed by atoms with Gasteiger partial charge in [-0.3, -0.25) is 14.4 Å². The van der Waals surface area contributed by atoms with Gasteiger partial charge < -0.3 is 24.8 Å². The third-order valence-corrected chi connectivity index (χ3v) is 5.60. The standard InChI is InChI=1S/C27H45N3O6/c1-4-6-8-9-10-11-12-13-18-36-24(31)21-30-27(33)25-23(34-3)19-22(20-29-25)26(32)28-15-14-17-35-16-7-5-2/h19-20H,4-18,21H2,1-3H3,(H,28,32)(H,30,33). The van der Waals surface area contributed by atoms with Crippen LogP contribution in [0.25, 0.3) is 0 Å². The quantitative estimate of drug-likeness (QED) is 0.187. The second-order valence-corrected chi connectivity index (χ2v) is 8.73. The molecule has 0 aromatic carbocycles. The fourth-order valence-electron chi connectivity index (χ4n) is 3.43. The molecular weight excluding hydrogens is 462 g/mol. The summed E-state index contributed by atoms with van der Waals surface area (Å²) in [5.74, 6) is -1.24. The zero-order valence-corrected chi connectivity index (χ0v) is 22.4. The summed E-state index contributed by atoms with van der Waals surface area (Å²) >= 11 is 0. The minimum Gasteiger partial charge on any atom is -0.494 e. The van der Waals surface area contributed by atoms with Gasteiger partial charge in [-0.05, 0) is 25.3 Å². The molecule has 0 saturated carbocycles. The third-order valence-electron chi connectivity index (χ3n) is 5.60. The first-order valence-electron chi connectivity index (χ1n) is 13.4. The Morgan fingerprint density at radius 1 is 0.806 bits per heavy atom. The molecule has 0 saturated heterocycles. The molecule has 1 rings (SSSR count). The molecule has 0 unspecified atom stereocenters. The van der Waals surface area contributed by atoms with E-state index < -0.39 is 11.9 Å². The molecule has 1 aromatic rings. The van der Waals surface area contributed by atoms with Gasteiger partial charge in [0.25, 0.3) is 11.8 Å². The van der Waals surface area contributed by atoms with Gasteiger partial charge in [0.05, 0.1) is 19.3 Å². The molecule has 0 aliphatic heterocycles. The Kier molecular flexibility index (Phi) is 17.9. The molecular formula is C27H45N3O6. The number of nitrogens with one attached hydrogen (secondary N) is 2. The van der Waals surface area contributed by atoms with E-state index in [0.29, 0.717) is 26.2 Å². The predicted molar refractivity (Wildman–Crippen MR) is 139 cm³/mol. The lowest BCUT2D eigenvalue weighted by molar-refractivity contribution is -0.142. The summed E-state index contributed by atoms with van der Waals surface area (Å²) in [7, 11) is 1.39. The van der Waals surface area contributed by atoms with E-state index in [2.05, 4.69) is 29.5 Å². The second-order valence-electron chi connectivity index (χ2n) is 8.73. The highest BCUT2D eigenvalue weighted by molar-refractivity contribution is 5.99. The minimum atomic E-state index is -0.577. The van der Waals surface area contributed by atoms with Crippen LogP contribution in [-0.4, -0.2) is 62.8 Å². The van der Waals surface area contributed by atoms with Gasteiger partial charge >= 0.3 is 5.97 Å². The van der Waals surface area contributed by atoms with Gasteiger partial charge in [0.15, 0.2) is 11.4 Å². The lowest BCUT2D eigenvalue weighted by atomic mass is 10.1. The Morgan fingerprint density at radius 2 is 1.47 bits per heavy atom. The summed E-state index contributed by atoms with van der Waals surface area (Å²) in [6.07, 6.45) is 13.4. The number of pyridine rings is 1. The average Bonchev–Trinajstić information content (AvgIpc) is 2.89. The third kappa shape index (κ3) is 14.0. The number of methoxy groups -OCH3 is 1. The van der Waals surface area contributed by atoms with Crippen LogP contribution in [0.2, 0.25) is 0 Å². The van der Waals surface area contributed by atoms with Crippen molar-refractivity contribution < 1.29 is 28.6 Å². The van der Waals surface area contributed by atoms with E-state index in [1.54, 1.807) is 0 Å². The maximum absolute atomic E-state index is 12.5. The van der Waals surface area contributed by atoms with Crippen molar-refractivity contribution in [2.24, 2.45) is 0 Å². The normalized spacial score (nSPS) is 10.6. The van der Waals surface area contributed by atoms with Crippen LogP contribution in [0.5, 0.6) is 5.75 Å². The van der Waals surface area contributed by atoms with E-state index in [0.717, 1.165) is 38.7 Å². The summed E-state index contributed by atoms with van der Waals surface area (Å²) < 4.78 is 15.9. The fraction of sp³-hybridized carbons (Fsp3) is 0.704. The first kappa shape index (κ1) is 31.4. The number of unbranched alkanes of at least 4 members (excludes halogenated alkanes) is 8. The fourth-order valence-corrected chi connectivity index (χ4v) is 3.43. The summed E-state index contributed by atoms with van der Waals surface area (Å²) in [4.78, 5) is 40.8. The van der Waals surface area contributed by atoms with Crippen molar-refractivity contribution in [3.05, 3.63) is 23.5 Å². The maximum Gasteiger partial charge on any atom is 0.325 e. The maximum atomic E-state index is 12.5. The number of nitrogens with zero attached hydrogens (tertiary/aromatic N) is 1. The van der Waals surface area contributed by atoms with Crippen molar-refractivity contribution >= 4 is 17.8 Å². The number of carbonyl (C=O) groups excluding carboxylic acids is 3. The monoisotopic (exact) mass is 507 g/mol. The molecule has 36 heavy (non-hydrogen) atoms. The molecule has 0 fully saturated rings.